The van der Waals surface area contributed by atoms with Gasteiger partial charge in [-0.15, -0.1) is 11.6 Å². The van der Waals surface area contributed by atoms with Gasteiger partial charge in [-0.2, -0.15) is 5.10 Å². The van der Waals surface area contributed by atoms with E-state index < -0.39 is 0 Å². The van der Waals surface area contributed by atoms with Crippen molar-refractivity contribution in [3.05, 3.63) is 47.3 Å². The molecule has 0 saturated carbocycles. The van der Waals surface area contributed by atoms with E-state index in [1.807, 2.05) is 42.9 Å². The maximum atomic E-state index is 5.74. The van der Waals surface area contributed by atoms with Gasteiger partial charge < -0.3 is 5.32 Å². The average Bonchev–Trinajstić information content (AvgIpc) is 2.66. The first-order chi connectivity index (χ1) is 8.19. The minimum Gasteiger partial charge on any atom is -0.379 e. The molecule has 1 N–H and O–H groups in total. The molecule has 17 heavy (non-hydrogen) atoms. The summed E-state index contributed by atoms with van der Waals surface area (Å²) in [5.41, 5.74) is 4.44. The molecular weight excluding hydrogens is 234 g/mol. The van der Waals surface area contributed by atoms with Crippen LogP contribution in [-0.4, -0.2) is 9.78 Å². The summed E-state index contributed by atoms with van der Waals surface area (Å²) < 4.78 is 1.90. The molecule has 4 heteroatoms. The predicted molar refractivity (Wildman–Crippen MR) is 71.3 cm³/mol. The van der Waals surface area contributed by atoms with E-state index >= 15 is 0 Å². The molecule has 0 unspecified atom stereocenters. The van der Waals surface area contributed by atoms with Gasteiger partial charge in [0, 0.05) is 18.6 Å². The molecule has 90 valence electrons. The fourth-order valence-corrected chi connectivity index (χ4v) is 1.91. The number of nitrogens with one attached hydrogen (secondary N) is 1. The van der Waals surface area contributed by atoms with Gasteiger partial charge in [-0.1, -0.05) is 12.1 Å². The Balaban J connectivity index is 1.99. The fraction of sp³-hybridized carbons (Fsp3) is 0.308. The number of aryl methyl sites for hydroxylation is 2. The molecule has 0 aliphatic rings. The molecule has 0 aliphatic heterocycles. The molecule has 0 amide bonds. The van der Waals surface area contributed by atoms with E-state index in [1.54, 1.807) is 0 Å². The Morgan fingerprint density at radius 3 is 2.53 bits per heavy atom. The summed E-state index contributed by atoms with van der Waals surface area (Å²) in [6.07, 6.45) is 0. The second-order valence-corrected chi connectivity index (χ2v) is 4.35. The fourth-order valence-electron chi connectivity index (χ4n) is 1.73. The highest BCUT2D eigenvalue weighted by Crippen LogP contribution is 2.12. The molecule has 0 bridgehead atoms. The number of benzene rings is 1. The number of halogens is 1. The van der Waals surface area contributed by atoms with Crippen molar-refractivity contribution in [1.82, 2.24) is 9.78 Å². The summed E-state index contributed by atoms with van der Waals surface area (Å²) in [6.45, 7) is 2.77. The summed E-state index contributed by atoms with van der Waals surface area (Å²) >= 11 is 5.74. The SMILES string of the molecule is Cc1cc(CNc2ccc(CCl)cc2)n(C)n1. The van der Waals surface area contributed by atoms with Crippen molar-refractivity contribution >= 4 is 17.3 Å². The Morgan fingerprint density at radius 1 is 1.29 bits per heavy atom. The Hall–Kier alpha value is -1.48. The number of anilines is 1. The van der Waals surface area contributed by atoms with Gasteiger partial charge in [-0.25, -0.2) is 0 Å². The minimum absolute atomic E-state index is 0.557. The number of aromatic nitrogens is 2. The van der Waals surface area contributed by atoms with E-state index in [9.17, 15) is 0 Å². The molecule has 1 aromatic carbocycles. The largest absolute Gasteiger partial charge is 0.379 e. The van der Waals surface area contributed by atoms with Crippen LogP contribution >= 0.6 is 11.6 Å². The third-order valence-electron chi connectivity index (χ3n) is 2.68. The van der Waals surface area contributed by atoms with Crippen LogP contribution in [0.4, 0.5) is 5.69 Å². The van der Waals surface area contributed by atoms with Crippen LogP contribution in [0.25, 0.3) is 0 Å². The van der Waals surface area contributed by atoms with Gasteiger partial charge in [0.2, 0.25) is 0 Å². The molecule has 0 radical (unpaired) electrons. The van der Waals surface area contributed by atoms with E-state index in [4.69, 9.17) is 11.6 Å². The van der Waals surface area contributed by atoms with Crippen LogP contribution < -0.4 is 5.32 Å². The first-order valence-corrected chi connectivity index (χ1v) is 6.11. The molecule has 1 heterocycles. The molecule has 2 aromatic rings. The van der Waals surface area contributed by atoms with Crippen molar-refractivity contribution in [2.45, 2.75) is 19.3 Å². The quantitative estimate of drug-likeness (QED) is 0.844. The molecule has 0 saturated heterocycles. The Morgan fingerprint density at radius 2 is 2.00 bits per heavy atom. The second kappa shape index (κ2) is 5.23. The number of alkyl halides is 1. The van der Waals surface area contributed by atoms with Crippen molar-refractivity contribution < 1.29 is 0 Å². The van der Waals surface area contributed by atoms with Crippen molar-refractivity contribution in [1.29, 1.82) is 0 Å². The van der Waals surface area contributed by atoms with Gasteiger partial charge in [0.15, 0.2) is 0 Å². The highest BCUT2D eigenvalue weighted by molar-refractivity contribution is 6.17. The predicted octanol–water partition coefficient (Wildman–Crippen LogP) is 3.08. The van der Waals surface area contributed by atoms with Crippen molar-refractivity contribution in [3.8, 4) is 0 Å². The summed E-state index contributed by atoms with van der Waals surface area (Å²) in [4.78, 5) is 0. The lowest BCUT2D eigenvalue weighted by molar-refractivity contribution is 0.713. The smallest absolute Gasteiger partial charge is 0.0597 e. The van der Waals surface area contributed by atoms with Crippen LogP contribution in [0.15, 0.2) is 30.3 Å². The number of hydrogen-bond acceptors (Lipinski definition) is 2. The third-order valence-corrected chi connectivity index (χ3v) is 2.99. The number of hydrogen-bond donors (Lipinski definition) is 1. The highest BCUT2D eigenvalue weighted by atomic mass is 35.5. The number of rotatable bonds is 4. The van der Waals surface area contributed by atoms with E-state index in [0.29, 0.717) is 5.88 Å². The van der Waals surface area contributed by atoms with Gasteiger partial charge in [-0.3, -0.25) is 4.68 Å². The van der Waals surface area contributed by atoms with Gasteiger partial charge in [0.05, 0.1) is 17.9 Å². The molecule has 3 nitrogen and oxygen atoms in total. The number of nitrogens with zero attached hydrogens (tertiary/aromatic N) is 2. The first-order valence-electron chi connectivity index (χ1n) is 5.57. The van der Waals surface area contributed by atoms with E-state index in [0.717, 1.165) is 23.5 Å². The molecule has 0 atom stereocenters. The summed E-state index contributed by atoms with van der Waals surface area (Å²) in [7, 11) is 1.96. The molecule has 1 aromatic heterocycles. The Kier molecular flexibility index (Phi) is 3.69. The second-order valence-electron chi connectivity index (χ2n) is 4.08. The zero-order valence-electron chi connectivity index (χ0n) is 10.1. The van der Waals surface area contributed by atoms with Crippen LogP contribution in [0.3, 0.4) is 0 Å². The molecule has 0 fully saturated rings. The van der Waals surface area contributed by atoms with Gasteiger partial charge in [0.25, 0.3) is 0 Å². The first kappa shape index (κ1) is 12.0. The zero-order chi connectivity index (χ0) is 12.3. The molecular formula is C13H16ClN3. The van der Waals surface area contributed by atoms with Gasteiger partial charge >= 0.3 is 0 Å². The van der Waals surface area contributed by atoms with Crippen molar-refractivity contribution in [2.24, 2.45) is 7.05 Å². The van der Waals surface area contributed by atoms with Crippen molar-refractivity contribution in [2.75, 3.05) is 5.32 Å². The van der Waals surface area contributed by atoms with E-state index in [-0.39, 0.29) is 0 Å². The van der Waals surface area contributed by atoms with E-state index in [1.165, 1.54) is 5.69 Å². The minimum atomic E-state index is 0.557. The highest BCUT2D eigenvalue weighted by Gasteiger charge is 2.01. The van der Waals surface area contributed by atoms with Crippen LogP contribution in [-0.2, 0) is 19.5 Å². The van der Waals surface area contributed by atoms with Crippen molar-refractivity contribution in [3.63, 3.8) is 0 Å². The zero-order valence-corrected chi connectivity index (χ0v) is 10.8. The average molecular weight is 250 g/mol. The molecule has 2 rings (SSSR count). The van der Waals surface area contributed by atoms with Crippen LogP contribution in [0, 0.1) is 6.92 Å². The van der Waals surface area contributed by atoms with E-state index in [2.05, 4.69) is 16.5 Å². The Bertz CT molecular complexity index is 488. The Labute approximate surface area is 106 Å². The summed E-state index contributed by atoms with van der Waals surface area (Å²) in [5.74, 6) is 0.557. The van der Waals surface area contributed by atoms with Crippen LogP contribution in [0.5, 0.6) is 0 Å². The molecule has 0 aliphatic carbocycles. The monoisotopic (exact) mass is 249 g/mol. The maximum absolute atomic E-state index is 5.74. The standard InChI is InChI=1S/C13H16ClN3/c1-10-7-13(17(2)16-10)9-15-12-5-3-11(8-14)4-6-12/h3-7,15H,8-9H2,1-2H3. The third kappa shape index (κ3) is 3.01. The molecule has 0 spiro atoms. The maximum Gasteiger partial charge on any atom is 0.0597 e. The topological polar surface area (TPSA) is 29.9 Å². The van der Waals surface area contributed by atoms with Crippen LogP contribution in [0.2, 0.25) is 0 Å². The van der Waals surface area contributed by atoms with Crippen LogP contribution in [0.1, 0.15) is 17.0 Å². The lowest BCUT2D eigenvalue weighted by atomic mass is 10.2. The normalized spacial score (nSPS) is 10.5. The lowest BCUT2D eigenvalue weighted by Gasteiger charge is -2.07. The summed E-state index contributed by atoms with van der Waals surface area (Å²) in [5, 5.41) is 7.67. The van der Waals surface area contributed by atoms with Gasteiger partial charge in [-0.05, 0) is 30.7 Å². The summed E-state index contributed by atoms with van der Waals surface area (Å²) in [6, 6.07) is 10.2. The lowest BCUT2D eigenvalue weighted by Crippen LogP contribution is -2.05. The van der Waals surface area contributed by atoms with Gasteiger partial charge in [0.1, 0.15) is 0 Å².